The van der Waals surface area contributed by atoms with Crippen molar-refractivity contribution in [1.29, 1.82) is 0 Å². The van der Waals surface area contributed by atoms with Crippen LogP contribution in [0.4, 0.5) is 0 Å². The summed E-state index contributed by atoms with van der Waals surface area (Å²) in [6.07, 6.45) is 1.01. The number of nitrogens with one attached hydrogen (secondary N) is 1. The second-order valence-corrected chi connectivity index (χ2v) is 5.65. The number of nitrogens with zero attached hydrogens (tertiary/aromatic N) is 1. The summed E-state index contributed by atoms with van der Waals surface area (Å²) in [6, 6.07) is 9.07. The highest BCUT2D eigenvalue weighted by atomic mass is 16.5. The van der Waals surface area contributed by atoms with Gasteiger partial charge in [0.05, 0.1) is 6.10 Å². The van der Waals surface area contributed by atoms with E-state index in [1.165, 1.54) is 0 Å². The van der Waals surface area contributed by atoms with Crippen LogP contribution < -0.4 is 5.32 Å². The Labute approximate surface area is 135 Å². The van der Waals surface area contributed by atoms with Crippen molar-refractivity contribution in [2.45, 2.75) is 25.4 Å². The van der Waals surface area contributed by atoms with Gasteiger partial charge in [0.25, 0.3) is 0 Å². The first-order valence-corrected chi connectivity index (χ1v) is 7.77. The van der Waals surface area contributed by atoms with Gasteiger partial charge in [0.2, 0.25) is 11.8 Å². The van der Waals surface area contributed by atoms with Gasteiger partial charge in [0, 0.05) is 38.5 Å². The van der Waals surface area contributed by atoms with E-state index >= 15 is 0 Å². The molecule has 6 heteroatoms. The van der Waals surface area contributed by atoms with Crippen LogP contribution >= 0.6 is 0 Å². The van der Waals surface area contributed by atoms with Crippen molar-refractivity contribution in [3.63, 3.8) is 0 Å². The van der Waals surface area contributed by atoms with Crippen LogP contribution in [0.15, 0.2) is 30.3 Å². The predicted molar refractivity (Wildman–Crippen MR) is 85.0 cm³/mol. The molecule has 0 saturated carbocycles. The van der Waals surface area contributed by atoms with Crippen molar-refractivity contribution in [1.82, 2.24) is 10.2 Å². The summed E-state index contributed by atoms with van der Waals surface area (Å²) >= 11 is 0. The van der Waals surface area contributed by atoms with Gasteiger partial charge in [-0.1, -0.05) is 30.3 Å². The number of carbonyl (C=O) groups is 3. The maximum absolute atomic E-state index is 11.9. The molecule has 0 radical (unpaired) electrons. The summed E-state index contributed by atoms with van der Waals surface area (Å²) in [6.45, 7) is 0.914. The van der Waals surface area contributed by atoms with E-state index in [0.29, 0.717) is 37.9 Å². The fraction of sp³-hybridized carbons (Fsp3) is 0.471. The molecule has 0 aliphatic carbocycles. The summed E-state index contributed by atoms with van der Waals surface area (Å²) in [5.41, 5.74) is 0.677. The van der Waals surface area contributed by atoms with E-state index in [1.54, 1.807) is 24.1 Å². The van der Waals surface area contributed by atoms with Crippen molar-refractivity contribution in [3.8, 4) is 0 Å². The normalized spacial score (nSPS) is 17.9. The molecule has 23 heavy (non-hydrogen) atoms. The molecule has 1 aromatic rings. The number of hydrogen-bond acceptors (Lipinski definition) is 4. The second-order valence-electron chi connectivity index (χ2n) is 5.65. The average molecular weight is 318 g/mol. The lowest BCUT2D eigenvalue weighted by molar-refractivity contribution is -0.146. The van der Waals surface area contributed by atoms with Gasteiger partial charge in [-0.3, -0.25) is 14.4 Å². The standard InChI is InChI=1S/C17H22N2O4/c1-19-11-14(23-12-17(19)22)10-18-16(21)9-5-8-15(20)13-6-3-2-4-7-13/h2-4,6-7,14H,5,8-12H2,1H3,(H,18,21). The number of amides is 2. The van der Waals surface area contributed by atoms with Crippen LogP contribution in [0.1, 0.15) is 29.6 Å². The summed E-state index contributed by atoms with van der Waals surface area (Å²) < 4.78 is 5.35. The largest absolute Gasteiger partial charge is 0.365 e. The number of rotatable bonds is 7. The molecule has 1 aliphatic rings. The highest BCUT2D eigenvalue weighted by Crippen LogP contribution is 2.07. The smallest absolute Gasteiger partial charge is 0.248 e. The van der Waals surface area contributed by atoms with Crippen molar-refractivity contribution < 1.29 is 19.1 Å². The third-order valence-electron chi connectivity index (χ3n) is 3.78. The zero-order valence-electron chi connectivity index (χ0n) is 13.3. The van der Waals surface area contributed by atoms with Gasteiger partial charge in [-0.05, 0) is 6.42 Å². The minimum atomic E-state index is -0.174. The minimum Gasteiger partial charge on any atom is -0.365 e. The van der Waals surface area contributed by atoms with Crippen LogP contribution in [0.5, 0.6) is 0 Å². The number of ketones is 1. The molecule has 124 valence electrons. The van der Waals surface area contributed by atoms with E-state index in [0.717, 1.165) is 0 Å². The highest BCUT2D eigenvalue weighted by Gasteiger charge is 2.23. The molecule has 1 heterocycles. The molecule has 1 atom stereocenters. The molecular weight excluding hydrogens is 296 g/mol. The number of hydrogen-bond donors (Lipinski definition) is 1. The van der Waals surface area contributed by atoms with E-state index in [2.05, 4.69) is 5.32 Å². The molecule has 1 unspecified atom stereocenters. The molecule has 1 aromatic carbocycles. The number of morpholine rings is 1. The van der Waals surface area contributed by atoms with Crippen molar-refractivity contribution in [2.75, 3.05) is 26.7 Å². The number of Topliss-reactive ketones (excluding diaryl/α,β-unsaturated/α-hetero) is 1. The average Bonchev–Trinajstić information content (AvgIpc) is 2.56. The van der Waals surface area contributed by atoms with Crippen molar-refractivity contribution >= 4 is 17.6 Å². The first-order chi connectivity index (χ1) is 11.1. The summed E-state index contributed by atoms with van der Waals surface area (Å²) in [4.78, 5) is 36.6. The van der Waals surface area contributed by atoms with Crippen LogP contribution in [0.3, 0.4) is 0 Å². The molecule has 2 rings (SSSR count). The van der Waals surface area contributed by atoms with Crippen LogP contribution in [0.2, 0.25) is 0 Å². The van der Waals surface area contributed by atoms with E-state index in [-0.39, 0.29) is 30.3 Å². The Hall–Kier alpha value is -2.21. The lowest BCUT2D eigenvalue weighted by atomic mass is 10.1. The maximum atomic E-state index is 11.9. The minimum absolute atomic E-state index is 0.0491. The van der Waals surface area contributed by atoms with Crippen LogP contribution in [-0.4, -0.2) is 55.3 Å². The molecule has 1 fully saturated rings. The SMILES string of the molecule is CN1CC(CNC(=O)CCCC(=O)c2ccccc2)OCC1=O. The third-order valence-corrected chi connectivity index (χ3v) is 3.78. The molecule has 0 bridgehead atoms. The Balaban J connectivity index is 1.62. The Morgan fingerprint density at radius 1 is 1.26 bits per heavy atom. The zero-order chi connectivity index (χ0) is 16.7. The first-order valence-electron chi connectivity index (χ1n) is 7.77. The van der Waals surface area contributed by atoms with Crippen molar-refractivity contribution in [2.24, 2.45) is 0 Å². The van der Waals surface area contributed by atoms with E-state index < -0.39 is 0 Å². The van der Waals surface area contributed by atoms with Crippen molar-refractivity contribution in [3.05, 3.63) is 35.9 Å². The Morgan fingerprint density at radius 2 is 2.00 bits per heavy atom. The quantitative estimate of drug-likeness (QED) is 0.762. The van der Waals surface area contributed by atoms with E-state index in [9.17, 15) is 14.4 Å². The lowest BCUT2D eigenvalue weighted by Crippen LogP contribution is -2.48. The summed E-state index contributed by atoms with van der Waals surface area (Å²) in [5, 5.41) is 2.79. The van der Waals surface area contributed by atoms with Crippen LogP contribution in [0, 0.1) is 0 Å². The highest BCUT2D eigenvalue weighted by molar-refractivity contribution is 5.96. The van der Waals surface area contributed by atoms with E-state index in [1.807, 2.05) is 18.2 Å². The summed E-state index contributed by atoms with van der Waals surface area (Å²) in [5.74, 6) is -0.102. The first kappa shape index (κ1) is 17.1. The monoisotopic (exact) mass is 318 g/mol. The van der Waals surface area contributed by atoms with Crippen LogP contribution in [-0.2, 0) is 14.3 Å². The van der Waals surface area contributed by atoms with Gasteiger partial charge < -0.3 is 15.0 Å². The van der Waals surface area contributed by atoms with Gasteiger partial charge in [-0.15, -0.1) is 0 Å². The van der Waals surface area contributed by atoms with E-state index in [4.69, 9.17) is 4.74 Å². The number of likely N-dealkylation sites (N-methyl/N-ethyl adjacent to an activating group) is 1. The Bertz CT molecular complexity index is 559. The summed E-state index contributed by atoms with van der Waals surface area (Å²) in [7, 11) is 1.72. The third kappa shape index (κ3) is 5.49. The molecule has 0 spiro atoms. The number of carbonyl (C=O) groups excluding carboxylic acids is 3. The second kappa shape index (κ2) is 8.43. The van der Waals surface area contributed by atoms with Gasteiger partial charge in [0.1, 0.15) is 6.61 Å². The van der Waals surface area contributed by atoms with Gasteiger partial charge >= 0.3 is 0 Å². The number of ether oxygens (including phenoxy) is 1. The molecule has 0 aromatic heterocycles. The molecule has 1 saturated heterocycles. The zero-order valence-corrected chi connectivity index (χ0v) is 13.3. The molecular formula is C17H22N2O4. The van der Waals surface area contributed by atoms with Gasteiger partial charge in [-0.25, -0.2) is 0 Å². The molecule has 1 N–H and O–H groups in total. The topological polar surface area (TPSA) is 75.7 Å². The molecule has 2 amide bonds. The predicted octanol–water partition coefficient (Wildman–Crippen LogP) is 1.01. The molecule has 6 nitrogen and oxygen atoms in total. The fourth-order valence-electron chi connectivity index (χ4n) is 2.38. The Morgan fingerprint density at radius 3 is 2.70 bits per heavy atom. The van der Waals surface area contributed by atoms with Gasteiger partial charge in [-0.2, -0.15) is 0 Å². The van der Waals surface area contributed by atoms with Crippen LogP contribution in [0.25, 0.3) is 0 Å². The Kier molecular flexibility index (Phi) is 6.29. The number of benzene rings is 1. The molecule has 1 aliphatic heterocycles. The maximum Gasteiger partial charge on any atom is 0.248 e. The van der Waals surface area contributed by atoms with Gasteiger partial charge in [0.15, 0.2) is 5.78 Å². The fourth-order valence-corrected chi connectivity index (χ4v) is 2.38. The lowest BCUT2D eigenvalue weighted by Gasteiger charge is -2.29.